The molecule has 0 aliphatic heterocycles. The summed E-state index contributed by atoms with van der Waals surface area (Å²) < 4.78 is 5.62. The Morgan fingerprint density at radius 2 is 2.10 bits per heavy atom. The summed E-state index contributed by atoms with van der Waals surface area (Å²) in [5, 5.41) is 8.66. The van der Waals surface area contributed by atoms with Crippen molar-refractivity contribution in [3.8, 4) is 11.5 Å². The first kappa shape index (κ1) is 13.8. The zero-order chi connectivity index (χ0) is 14.8. The van der Waals surface area contributed by atoms with Crippen LogP contribution in [0, 0.1) is 0 Å². The number of benzene rings is 1. The second kappa shape index (κ2) is 5.69. The Balaban J connectivity index is 1.76. The highest BCUT2D eigenvalue weighted by atomic mass is 35.5. The van der Waals surface area contributed by atoms with Gasteiger partial charge in [0, 0.05) is 16.6 Å². The molecule has 0 radical (unpaired) electrons. The van der Waals surface area contributed by atoms with Crippen LogP contribution in [-0.2, 0) is 11.3 Å². The summed E-state index contributed by atoms with van der Waals surface area (Å²) >= 11 is 5.85. The Morgan fingerprint density at radius 3 is 2.71 bits per heavy atom. The smallest absolute Gasteiger partial charge is 0.247 e. The van der Waals surface area contributed by atoms with Crippen LogP contribution in [0.3, 0.4) is 0 Å². The number of carbonyl (C=O) groups is 1. The Labute approximate surface area is 127 Å². The predicted molar refractivity (Wildman–Crippen MR) is 78.5 cm³/mol. The molecule has 0 saturated heterocycles. The van der Waals surface area contributed by atoms with Crippen molar-refractivity contribution in [1.29, 1.82) is 0 Å². The number of nitrogens with zero attached hydrogens (tertiary/aromatic N) is 3. The lowest BCUT2D eigenvalue weighted by Gasteiger charge is -2.18. The summed E-state index contributed by atoms with van der Waals surface area (Å²) in [7, 11) is 0. The third-order valence-electron chi connectivity index (χ3n) is 3.31. The molecule has 1 heterocycles. The van der Waals surface area contributed by atoms with Crippen molar-refractivity contribution < 1.29 is 9.21 Å². The zero-order valence-corrected chi connectivity index (χ0v) is 12.1. The van der Waals surface area contributed by atoms with Crippen LogP contribution in [0.5, 0.6) is 0 Å². The van der Waals surface area contributed by atoms with Crippen LogP contribution in [0.2, 0.25) is 5.02 Å². The number of hydrogen-bond acceptors (Lipinski definition) is 4. The molecule has 6 heteroatoms. The van der Waals surface area contributed by atoms with Gasteiger partial charge in [0.05, 0.1) is 6.54 Å². The average molecular weight is 304 g/mol. The van der Waals surface area contributed by atoms with E-state index in [2.05, 4.69) is 16.8 Å². The fourth-order valence-corrected chi connectivity index (χ4v) is 2.19. The van der Waals surface area contributed by atoms with Crippen molar-refractivity contribution in [1.82, 2.24) is 15.1 Å². The van der Waals surface area contributed by atoms with Crippen LogP contribution in [0.25, 0.3) is 11.5 Å². The molecular formula is C15H14ClN3O2. The highest BCUT2D eigenvalue weighted by Gasteiger charge is 2.32. The summed E-state index contributed by atoms with van der Waals surface area (Å²) in [5.74, 6) is 0.731. The van der Waals surface area contributed by atoms with E-state index in [4.69, 9.17) is 16.0 Å². The van der Waals surface area contributed by atoms with Crippen LogP contribution >= 0.6 is 11.6 Å². The average Bonchev–Trinajstić information content (AvgIpc) is 3.23. The van der Waals surface area contributed by atoms with Gasteiger partial charge in [-0.05, 0) is 43.2 Å². The standard InChI is InChI=1S/C15H14ClN3O2/c1-2-14(20)19(12-7-8-12)9-13-17-18-15(21-13)10-3-5-11(16)6-4-10/h2-6,12H,1,7-9H2. The second-order valence-electron chi connectivity index (χ2n) is 4.91. The van der Waals surface area contributed by atoms with Gasteiger partial charge in [0.25, 0.3) is 0 Å². The molecule has 0 unspecified atom stereocenters. The predicted octanol–water partition coefficient (Wildman–Crippen LogP) is 3.07. The molecule has 1 amide bonds. The minimum absolute atomic E-state index is 0.108. The zero-order valence-electron chi connectivity index (χ0n) is 11.3. The van der Waals surface area contributed by atoms with Gasteiger partial charge in [0.15, 0.2) is 0 Å². The van der Waals surface area contributed by atoms with Crippen LogP contribution in [0.4, 0.5) is 0 Å². The molecule has 21 heavy (non-hydrogen) atoms. The maximum atomic E-state index is 11.8. The number of halogens is 1. The van der Waals surface area contributed by atoms with Crippen LogP contribution in [0.15, 0.2) is 41.3 Å². The van der Waals surface area contributed by atoms with Crippen molar-refractivity contribution in [3.05, 3.63) is 47.8 Å². The van der Waals surface area contributed by atoms with E-state index in [0.717, 1.165) is 18.4 Å². The van der Waals surface area contributed by atoms with Crippen LogP contribution in [0.1, 0.15) is 18.7 Å². The third-order valence-corrected chi connectivity index (χ3v) is 3.56. The lowest BCUT2D eigenvalue weighted by atomic mass is 10.2. The molecule has 1 aliphatic rings. The fraction of sp³-hybridized carbons (Fsp3) is 0.267. The minimum atomic E-state index is -0.108. The molecule has 0 spiro atoms. The first-order valence-corrected chi connectivity index (χ1v) is 7.06. The number of rotatable bonds is 5. The molecule has 1 saturated carbocycles. The molecule has 3 rings (SSSR count). The van der Waals surface area contributed by atoms with Crippen molar-refractivity contribution in [3.63, 3.8) is 0 Å². The number of carbonyl (C=O) groups excluding carboxylic acids is 1. The number of amides is 1. The summed E-state index contributed by atoms with van der Waals surface area (Å²) in [6, 6.07) is 7.42. The molecule has 5 nitrogen and oxygen atoms in total. The second-order valence-corrected chi connectivity index (χ2v) is 5.35. The summed E-state index contributed by atoms with van der Waals surface area (Å²) in [6.45, 7) is 3.84. The SMILES string of the molecule is C=CC(=O)N(Cc1nnc(-c2ccc(Cl)cc2)o1)C1CC1. The van der Waals surface area contributed by atoms with Gasteiger partial charge in [-0.3, -0.25) is 4.79 Å². The van der Waals surface area contributed by atoms with E-state index in [1.165, 1.54) is 6.08 Å². The number of aromatic nitrogens is 2. The maximum absolute atomic E-state index is 11.8. The molecular weight excluding hydrogens is 290 g/mol. The Morgan fingerprint density at radius 1 is 1.38 bits per heavy atom. The molecule has 108 valence electrons. The first-order chi connectivity index (χ1) is 10.2. The lowest BCUT2D eigenvalue weighted by Crippen LogP contribution is -2.31. The molecule has 1 aliphatic carbocycles. The van der Waals surface area contributed by atoms with Crippen molar-refractivity contribution in [2.75, 3.05) is 0 Å². The van der Waals surface area contributed by atoms with Gasteiger partial charge >= 0.3 is 0 Å². The summed E-state index contributed by atoms with van der Waals surface area (Å²) in [4.78, 5) is 13.5. The monoisotopic (exact) mass is 303 g/mol. The molecule has 0 N–H and O–H groups in total. The van der Waals surface area contributed by atoms with Gasteiger partial charge in [-0.15, -0.1) is 10.2 Å². The fourth-order valence-electron chi connectivity index (χ4n) is 2.06. The highest BCUT2D eigenvalue weighted by molar-refractivity contribution is 6.30. The van der Waals surface area contributed by atoms with E-state index >= 15 is 0 Å². The Kier molecular flexibility index (Phi) is 3.75. The van der Waals surface area contributed by atoms with Gasteiger partial charge in [-0.1, -0.05) is 18.2 Å². The van der Waals surface area contributed by atoms with Crippen molar-refractivity contribution >= 4 is 17.5 Å². The molecule has 1 fully saturated rings. The van der Waals surface area contributed by atoms with Gasteiger partial charge in [-0.2, -0.15) is 0 Å². The van der Waals surface area contributed by atoms with Gasteiger partial charge in [-0.25, -0.2) is 0 Å². The van der Waals surface area contributed by atoms with Gasteiger partial charge < -0.3 is 9.32 Å². The van der Waals surface area contributed by atoms with E-state index < -0.39 is 0 Å². The van der Waals surface area contributed by atoms with Gasteiger partial charge in [0.1, 0.15) is 0 Å². The van der Waals surface area contributed by atoms with E-state index in [9.17, 15) is 4.79 Å². The topological polar surface area (TPSA) is 59.2 Å². The van der Waals surface area contributed by atoms with E-state index in [1.54, 1.807) is 17.0 Å². The summed E-state index contributed by atoms with van der Waals surface area (Å²) in [5.41, 5.74) is 0.797. The maximum Gasteiger partial charge on any atom is 0.247 e. The quantitative estimate of drug-likeness (QED) is 0.797. The Bertz CT molecular complexity index is 662. The number of hydrogen-bond donors (Lipinski definition) is 0. The van der Waals surface area contributed by atoms with Crippen LogP contribution < -0.4 is 0 Å². The normalized spacial score (nSPS) is 14.0. The van der Waals surface area contributed by atoms with Crippen molar-refractivity contribution in [2.45, 2.75) is 25.4 Å². The van der Waals surface area contributed by atoms with E-state index in [0.29, 0.717) is 23.3 Å². The largest absolute Gasteiger partial charge is 0.419 e. The third kappa shape index (κ3) is 3.13. The van der Waals surface area contributed by atoms with Crippen LogP contribution in [-0.4, -0.2) is 27.0 Å². The molecule has 1 aromatic heterocycles. The minimum Gasteiger partial charge on any atom is -0.419 e. The lowest BCUT2D eigenvalue weighted by molar-refractivity contribution is -0.127. The molecule has 2 aromatic rings. The molecule has 0 atom stereocenters. The molecule has 1 aromatic carbocycles. The Hall–Kier alpha value is -2.14. The highest BCUT2D eigenvalue weighted by Crippen LogP contribution is 2.29. The first-order valence-electron chi connectivity index (χ1n) is 6.68. The van der Waals surface area contributed by atoms with Gasteiger partial charge in [0.2, 0.25) is 17.7 Å². The molecule has 0 bridgehead atoms. The van der Waals surface area contributed by atoms with E-state index in [1.807, 2.05) is 12.1 Å². The summed E-state index contributed by atoms with van der Waals surface area (Å²) in [6.07, 6.45) is 3.34. The van der Waals surface area contributed by atoms with E-state index in [-0.39, 0.29) is 11.9 Å². The van der Waals surface area contributed by atoms with Crippen molar-refractivity contribution in [2.24, 2.45) is 0 Å².